The van der Waals surface area contributed by atoms with Crippen LogP contribution in [0.3, 0.4) is 0 Å². The summed E-state index contributed by atoms with van der Waals surface area (Å²) in [7, 11) is 0. The highest BCUT2D eigenvalue weighted by Crippen LogP contribution is 2.14. The quantitative estimate of drug-likeness (QED) is 0.458. The summed E-state index contributed by atoms with van der Waals surface area (Å²) in [6.45, 7) is 1.89. The van der Waals surface area contributed by atoms with E-state index in [9.17, 15) is 4.79 Å². The first-order chi connectivity index (χ1) is 5.61. The van der Waals surface area contributed by atoms with Gasteiger partial charge in [-0.05, 0) is 19.1 Å². The van der Waals surface area contributed by atoms with Gasteiger partial charge in [0.2, 0.25) is 0 Å². The Balaban J connectivity index is 2.90. The minimum atomic E-state index is 0.0452. The van der Waals surface area contributed by atoms with E-state index in [1.54, 1.807) is 0 Å². The van der Waals surface area contributed by atoms with Gasteiger partial charge in [-0.2, -0.15) is 0 Å². The van der Waals surface area contributed by atoms with Gasteiger partial charge in [-0.3, -0.25) is 4.79 Å². The first-order valence-electron chi connectivity index (χ1n) is 3.55. The fraction of sp³-hybridized carbons (Fsp3) is 0.222. The predicted octanol–water partition coefficient (Wildman–Crippen LogP) is 3.46. The molecule has 0 amide bonds. The molecule has 0 aromatic heterocycles. The second-order valence-electron chi connectivity index (χ2n) is 2.49. The van der Waals surface area contributed by atoms with E-state index in [-0.39, 0.29) is 9.71 Å². The van der Waals surface area contributed by atoms with Crippen LogP contribution in [0.2, 0.25) is 0 Å². The zero-order valence-corrected chi connectivity index (χ0v) is 10.3. The molecule has 0 aliphatic heterocycles. The number of Topliss-reactive ketones (excluding diaryl/α,β-unsaturated/α-hetero) is 1. The normalized spacial score (nSPS) is 12.6. The molecule has 0 aliphatic rings. The number of carbonyl (C=O) groups excluding carboxylic acids is 1. The molecule has 0 bridgehead atoms. The zero-order valence-electron chi connectivity index (χ0n) is 6.55. The smallest absolute Gasteiger partial charge is 0.175 e. The van der Waals surface area contributed by atoms with Crippen LogP contribution in [0.25, 0.3) is 0 Å². The maximum absolute atomic E-state index is 11.4. The molecule has 1 aromatic carbocycles. The Morgan fingerprint density at radius 1 is 1.42 bits per heavy atom. The van der Waals surface area contributed by atoms with Gasteiger partial charge in [-0.25, -0.2) is 0 Å². The summed E-state index contributed by atoms with van der Waals surface area (Å²) >= 11 is 5.44. The number of hydrogen-bond donors (Lipinski definition) is 0. The maximum Gasteiger partial charge on any atom is 0.175 e. The van der Waals surface area contributed by atoms with Crippen LogP contribution >= 0.6 is 38.5 Å². The van der Waals surface area contributed by atoms with Crippen molar-refractivity contribution in [1.82, 2.24) is 0 Å². The largest absolute Gasteiger partial charge is 0.293 e. The van der Waals surface area contributed by atoms with Crippen molar-refractivity contribution in [2.75, 3.05) is 0 Å². The van der Waals surface area contributed by atoms with Crippen LogP contribution in [0, 0.1) is 0 Å². The van der Waals surface area contributed by atoms with Gasteiger partial charge in [0.05, 0.1) is 3.92 Å². The molecule has 0 saturated heterocycles. The second-order valence-corrected chi connectivity index (χ2v) is 5.27. The van der Waals surface area contributed by atoms with Gasteiger partial charge in [-0.1, -0.05) is 50.7 Å². The summed E-state index contributed by atoms with van der Waals surface area (Å²) in [5, 5.41) is 0. The van der Waals surface area contributed by atoms with Crippen LogP contribution in [0.1, 0.15) is 17.3 Å². The Morgan fingerprint density at radius 3 is 2.33 bits per heavy atom. The van der Waals surface area contributed by atoms with E-state index >= 15 is 0 Å². The van der Waals surface area contributed by atoms with Crippen LogP contribution in [0.15, 0.2) is 28.7 Å². The Morgan fingerprint density at radius 2 is 1.92 bits per heavy atom. The van der Waals surface area contributed by atoms with Gasteiger partial charge < -0.3 is 0 Å². The van der Waals surface area contributed by atoms with Crippen LogP contribution in [0.5, 0.6) is 0 Å². The van der Waals surface area contributed by atoms with Crippen LogP contribution in [-0.2, 0) is 0 Å². The molecule has 1 unspecified atom stereocenters. The van der Waals surface area contributed by atoms with Gasteiger partial charge in [0, 0.05) is 10.0 Å². The fourth-order valence-electron chi connectivity index (χ4n) is 0.844. The van der Waals surface area contributed by atoms with E-state index < -0.39 is 0 Å². The van der Waals surface area contributed by atoms with Crippen molar-refractivity contribution in [3.8, 4) is 0 Å². The second kappa shape index (κ2) is 4.37. The molecule has 0 aliphatic carbocycles. The number of halogens is 2. The Bertz CT molecular complexity index is 279. The summed E-state index contributed by atoms with van der Waals surface area (Å²) in [6, 6.07) is 7.43. The number of ketones is 1. The highest BCUT2D eigenvalue weighted by atomic mass is 127. The summed E-state index contributed by atoms with van der Waals surface area (Å²) in [5.74, 6) is 0.183. The topological polar surface area (TPSA) is 17.1 Å². The lowest BCUT2D eigenvalue weighted by molar-refractivity contribution is 0.0998. The highest BCUT2D eigenvalue weighted by Gasteiger charge is 2.10. The molecule has 12 heavy (non-hydrogen) atoms. The molecule has 64 valence electrons. The van der Waals surface area contributed by atoms with Crippen molar-refractivity contribution in [3.63, 3.8) is 0 Å². The van der Waals surface area contributed by atoms with Crippen LogP contribution < -0.4 is 0 Å². The first-order valence-corrected chi connectivity index (χ1v) is 5.59. The lowest BCUT2D eigenvalue weighted by atomic mass is 10.1. The van der Waals surface area contributed by atoms with Gasteiger partial charge in [0.1, 0.15) is 0 Å². The van der Waals surface area contributed by atoms with E-state index in [0.29, 0.717) is 0 Å². The molecule has 0 heterocycles. The molecule has 3 heteroatoms. The van der Waals surface area contributed by atoms with Gasteiger partial charge in [0.15, 0.2) is 5.78 Å². The van der Waals surface area contributed by atoms with Gasteiger partial charge in [0.25, 0.3) is 0 Å². The third kappa shape index (κ3) is 2.55. The van der Waals surface area contributed by atoms with E-state index in [0.717, 1.165) is 10.0 Å². The summed E-state index contributed by atoms with van der Waals surface area (Å²) in [6.07, 6.45) is 0. The lowest BCUT2D eigenvalue weighted by Crippen LogP contribution is -2.09. The molecule has 0 spiro atoms. The number of rotatable bonds is 2. The van der Waals surface area contributed by atoms with Crippen LogP contribution in [-0.4, -0.2) is 9.71 Å². The monoisotopic (exact) mass is 338 g/mol. The Hall–Kier alpha value is 0.1000. The molecule has 1 nitrogen and oxygen atoms in total. The van der Waals surface area contributed by atoms with Crippen molar-refractivity contribution in [3.05, 3.63) is 34.3 Å². The Labute approximate surface area is 93.8 Å². The van der Waals surface area contributed by atoms with E-state index in [2.05, 4.69) is 38.5 Å². The number of alkyl halides is 1. The fourth-order valence-corrected chi connectivity index (χ4v) is 1.47. The minimum absolute atomic E-state index is 0.0452. The van der Waals surface area contributed by atoms with Crippen molar-refractivity contribution >= 4 is 44.3 Å². The molecular weight excluding hydrogens is 331 g/mol. The first kappa shape index (κ1) is 10.2. The molecule has 1 rings (SSSR count). The molecule has 1 aromatic rings. The third-order valence-corrected chi connectivity index (χ3v) is 2.58. The number of carbonyl (C=O) groups is 1. The van der Waals surface area contributed by atoms with Gasteiger partial charge in [-0.15, -0.1) is 0 Å². The van der Waals surface area contributed by atoms with Gasteiger partial charge >= 0.3 is 0 Å². The standard InChI is InChI=1S/C9H8BrIO/c1-6(11)9(12)7-2-4-8(10)5-3-7/h2-6H,1H3. The SMILES string of the molecule is CC(I)C(=O)c1ccc(Br)cc1. The number of hydrogen-bond acceptors (Lipinski definition) is 1. The minimum Gasteiger partial charge on any atom is -0.293 e. The van der Waals surface area contributed by atoms with E-state index in [4.69, 9.17) is 0 Å². The highest BCUT2D eigenvalue weighted by molar-refractivity contribution is 14.1. The summed E-state index contributed by atoms with van der Waals surface area (Å²) in [5.41, 5.74) is 0.778. The third-order valence-electron chi connectivity index (χ3n) is 1.49. The molecule has 0 fully saturated rings. The molecule has 0 N–H and O–H groups in total. The number of benzene rings is 1. The van der Waals surface area contributed by atoms with Crippen molar-refractivity contribution in [1.29, 1.82) is 0 Å². The molecule has 1 atom stereocenters. The van der Waals surface area contributed by atoms with Crippen molar-refractivity contribution in [2.24, 2.45) is 0 Å². The summed E-state index contributed by atoms with van der Waals surface area (Å²) < 4.78 is 1.05. The average molecular weight is 339 g/mol. The predicted molar refractivity (Wildman–Crippen MR) is 62.0 cm³/mol. The zero-order chi connectivity index (χ0) is 9.14. The molecular formula is C9H8BrIO. The lowest BCUT2D eigenvalue weighted by Gasteiger charge is -2.01. The average Bonchev–Trinajstić information content (AvgIpc) is 2.04. The Kier molecular flexibility index (Phi) is 3.71. The maximum atomic E-state index is 11.4. The van der Waals surface area contributed by atoms with E-state index in [1.807, 2.05) is 31.2 Å². The molecule has 0 radical (unpaired) electrons. The van der Waals surface area contributed by atoms with Crippen LogP contribution in [0.4, 0.5) is 0 Å². The molecule has 0 saturated carbocycles. The van der Waals surface area contributed by atoms with Crippen molar-refractivity contribution < 1.29 is 4.79 Å². The van der Waals surface area contributed by atoms with Crippen molar-refractivity contribution in [2.45, 2.75) is 10.8 Å². The summed E-state index contributed by atoms with van der Waals surface area (Å²) in [4.78, 5) is 11.4. The van der Waals surface area contributed by atoms with E-state index in [1.165, 1.54) is 0 Å².